The normalized spacial score (nSPS) is 11.8. The molecule has 0 bridgehead atoms. The molecule has 0 unspecified atom stereocenters. The molecule has 0 aromatic carbocycles. The monoisotopic (exact) mass is 294 g/mol. The van der Waals surface area contributed by atoms with Crippen LogP contribution in [0.3, 0.4) is 0 Å². The molecule has 0 atom stereocenters. The van der Waals surface area contributed by atoms with Crippen molar-refractivity contribution >= 4 is 33.8 Å². The highest BCUT2D eigenvalue weighted by Crippen LogP contribution is 2.43. The fraction of sp³-hybridized carbons (Fsp3) is 0.111. The van der Waals surface area contributed by atoms with Crippen molar-refractivity contribution in [1.29, 1.82) is 0 Å². The minimum absolute atomic E-state index is 0.0414. The Kier molecular flexibility index (Phi) is 3.64. The van der Waals surface area contributed by atoms with Crippen molar-refractivity contribution in [2.45, 2.75) is 10.4 Å². The van der Waals surface area contributed by atoms with Crippen LogP contribution in [0.15, 0.2) is 28.7 Å². The zero-order chi connectivity index (χ0) is 12.5. The Hall–Kier alpha value is -0.730. The fourth-order valence-electron chi connectivity index (χ4n) is 1.16. The first-order valence-corrected chi connectivity index (χ1v) is 7.00. The molecule has 0 radical (unpaired) electrons. The largest absolute Gasteiger partial charge is 0.435 e. The molecule has 2 nitrogen and oxygen atoms in total. The van der Waals surface area contributed by atoms with Crippen molar-refractivity contribution < 1.29 is 13.2 Å². The van der Waals surface area contributed by atoms with E-state index >= 15 is 0 Å². The summed E-state index contributed by atoms with van der Waals surface area (Å²) in [6.07, 6.45) is -1.43. The van der Waals surface area contributed by atoms with Crippen molar-refractivity contribution in [2.24, 2.45) is 0 Å². The molecule has 2 rings (SSSR count). The zero-order valence-corrected chi connectivity index (χ0v) is 10.6. The first-order chi connectivity index (χ1) is 8.02. The van der Waals surface area contributed by atoms with Gasteiger partial charge >= 0.3 is 6.18 Å². The van der Waals surface area contributed by atoms with Gasteiger partial charge in [-0.15, -0.1) is 23.0 Å². The number of pyridine rings is 1. The van der Waals surface area contributed by atoms with E-state index in [0.717, 1.165) is 22.1 Å². The lowest BCUT2D eigenvalue weighted by Gasteiger charge is -2.02. The van der Waals surface area contributed by atoms with Gasteiger partial charge in [0, 0.05) is 18.0 Å². The van der Waals surface area contributed by atoms with E-state index in [1.807, 2.05) is 0 Å². The summed E-state index contributed by atoms with van der Waals surface area (Å²) in [5, 5.41) is 0.293. The third-order valence-corrected chi connectivity index (χ3v) is 4.53. The van der Waals surface area contributed by atoms with E-state index in [9.17, 15) is 13.2 Å². The number of thiazole rings is 1. The van der Waals surface area contributed by atoms with E-state index in [4.69, 9.17) is 0 Å². The van der Waals surface area contributed by atoms with Gasteiger partial charge in [-0.25, -0.2) is 4.98 Å². The predicted molar refractivity (Wildman–Crippen MR) is 65.2 cm³/mol. The molecule has 2 heterocycles. The van der Waals surface area contributed by atoms with Gasteiger partial charge in [0.05, 0.1) is 0 Å². The van der Waals surface area contributed by atoms with Crippen LogP contribution in [0.2, 0.25) is 0 Å². The molecule has 0 aliphatic carbocycles. The van der Waals surface area contributed by atoms with E-state index in [1.54, 1.807) is 18.3 Å². The van der Waals surface area contributed by atoms with Gasteiger partial charge < -0.3 is 0 Å². The van der Waals surface area contributed by atoms with Crippen LogP contribution in [0.25, 0.3) is 10.6 Å². The minimum atomic E-state index is -4.46. The average Bonchev–Trinajstić information content (AvgIpc) is 2.74. The molecular weight excluding hydrogens is 289 g/mol. The zero-order valence-electron chi connectivity index (χ0n) is 8.10. The maximum atomic E-state index is 12.6. The summed E-state index contributed by atoms with van der Waals surface area (Å²) >= 11 is 4.76. The van der Waals surface area contributed by atoms with E-state index < -0.39 is 11.9 Å². The summed E-state index contributed by atoms with van der Waals surface area (Å²) in [5.41, 5.74) is -0.321. The lowest BCUT2D eigenvalue weighted by atomic mass is 10.3. The van der Waals surface area contributed by atoms with E-state index in [-0.39, 0.29) is 4.21 Å². The molecule has 90 valence electrons. The second-order valence-electron chi connectivity index (χ2n) is 2.99. The number of alkyl halides is 3. The Balaban J connectivity index is 2.49. The number of hydrogen-bond acceptors (Lipinski definition) is 5. The van der Waals surface area contributed by atoms with E-state index in [1.165, 1.54) is 6.20 Å². The maximum Gasteiger partial charge on any atom is 0.435 e. The Morgan fingerprint density at radius 3 is 2.59 bits per heavy atom. The molecule has 8 heteroatoms. The second-order valence-corrected chi connectivity index (χ2v) is 5.38. The third kappa shape index (κ3) is 2.75. The molecule has 2 aromatic heterocycles. The molecule has 0 saturated heterocycles. The molecule has 0 aliphatic heterocycles. The first kappa shape index (κ1) is 12.7. The van der Waals surface area contributed by atoms with Crippen molar-refractivity contribution in [3.05, 3.63) is 30.2 Å². The van der Waals surface area contributed by atoms with Crippen molar-refractivity contribution in [3.8, 4) is 10.6 Å². The van der Waals surface area contributed by atoms with Crippen LogP contribution in [0.4, 0.5) is 13.2 Å². The van der Waals surface area contributed by atoms with Gasteiger partial charge in [0.2, 0.25) is 0 Å². The summed E-state index contributed by atoms with van der Waals surface area (Å²) in [7, 11) is 0.748. The molecule has 0 aliphatic rings. The first-order valence-electron chi connectivity index (χ1n) is 4.32. The quantitative estimate of drug-likeness (QED) is 0.665. The van der Waals surface area contributed by atoms with Crippen LogP contribution in [0.1, 0.15) is 5.69 Å². The van der Waals surface area contributed by atoms with Gasteiger partial charge in [-0.2, -0.15) is 13.2 Å². The van der Waals surface area contributed by atoms with Crippen molar-refractivity contribution in [1.82, 2.24) is 9.97 Å². The Bertz CT molecular complexity index is 510. The Morgan fingerprint density at radius 2 is 2.12 bits per heavy atom. The number of hydrogen-bond donors (Lipinski definition) is 1. The van der Waals surface area contributed by atoms with E-state index in [0.29, 0.717) is 10.6 Å². The summed E-state index contributed by atoms with van der Waals surface area (Å²) in [5.74, 6) is 0. The van der Waals surface area contributed by atoms with Gasteiger partial charge in [0.25, 0.3) is 0 Å². The second kappa shape index (κ2) is 4.87. The highest BCUT2D eigenvalue weighted by atomic mass is 33.1. The number of rotatable bonds is 2. The van der Waals surface area contributed by atoms with Gasteiger partial charge in [0.1, 0.15) is 9.22 Å². The van der Waals surface area contributed by atoms with Crippen molar-refractivity contribution in [2.75, 3.05) is 0 Å². The summed E-state index contributed by atoms with van der Waals surface area (Å²) in [4.78, 5) is 7.45. The topological polar surface area (TPSA) is 25.8 Å². The molecule has 0 amide bonds. The number of aromatic nitrogens is 2. The highest BCUT2D eigenvalue weighted by molar-refractivity contribution is 8.69. The maximum absolute atomic E-state index is 12.6. The summed E-state index contributed by atoms with van der Waals surface area (Å²) < 4.78 is 38.0. The number of halogens is 3. The molecule has 0 saturated carbocycles. The summed E-state index contributed by atoms with van der Waals surface area (Å²) in [6, 6.07) is 3.32. The Labute approximate surface area is 108 Å². The van der Waals surface area contributed by atoms with E-state index in [2.05, 4.69) is 21.6 Å². The summed E-state index contributed by atoms with van der Waals surface area (Å²) in [6.45, 7) is 0. The highest BCUT2D eigenvalue weighted by Gasteiger charge is 2.37. The van der Waals surface area contributed by atoms with Gasteiger partial charge in [-0.3, -0.25) is 4.98 Å². The average molecular weight is 294 g/mol. The van der Waals surface area contributed by atoms with Gasteiger partial charge in [-0.1, -0.05) is 0 Å². The van der Waals surface area contributed by atoms with Crippen molar-refractivity contribution in [3.63, 3.8) is 0 Å². The molecule has 2 aromatic rings. The van der Waals surface area contributed by atoms with Crippen LogP contribution in [-0.4, -0.2) is 9.97 Å². The predicted octanol–water partition coefficient (Wildman–Crippen LogP) is 4.16. The lowest BCUT2D eigenvalue weighted by molar-refractivity contribution is -0.142. The third-order valence-electron chi connectivity index (χ3n) is 1.86. The van der Waals surface area contributed by atoms with Crippen LogP contribution < -0.4 is 0 Å². The molecule has 17 heavy (non-hydrogen) atoms. The standard InChI is InChI=1S/C9H5F3N2S3/c10-9(11,12)6-8(17-15)16-7(14-6)5-2-1-3-13-4-5/h1-4,15H. The minimum Gasteiger partial charge on any atom is -0.264 e. The Morgan fingerprint density at radius 1 is 1.35 bits per heavy atom. The van der Waals surface area contributed by atoms with Gasteiger partial charge in [-0.05, 0) is 22.9 Å². The molecule has 0 fully saturated rings. The van der Waals surface area contributed by atoms with Crippen LogP contribution in [0.5, 0.6) is 0 Å². The molecular formula is C9H5F3N2S3. The molecule has 0 spiro atoms. The van der Waals surface area contributed by atoms with Crippen LogP contribution in [-0.2, 0) is 6.18 Å². The SMILES string of the molecule is FC(F)(F)c1nc(-c2cccnc2)sc1SS. The number of nitrogens with zero attached hydrogens (tertiary/aromatic N) is 2. The number of thiol groups is 1. The lowest BCUT2D eigenvalue weighted by Crippen LogP contribution is -2.06. The smallest absolute Gasteiger partial charge is 0.264 e. The molecule has 0 N–H and O–H groups in total. The fourth-order valence-corrected chi connectivity index (χ4v) is 3.20. The van der Waals surface area contributed by atoms with Crippen LogP contribution >= 0.6 is 33.8 Å². The van der Waals surface area contributed by atoms with Crippen LogP contribution in [0, 0.1) is 0 Å². The van der Waals surface area contributed by atoms with Gasteiger partial charge in [0.15, 0.2) is 5.69 Å².